The average Bonchev–Trinajstić information content (AvgIpc) is 3.27. The maximum atomic E-state index is 12.3. The first-order valence-electron chi connectivity index (χ1n) is 8.64. The smallest absolute Gasteiger partial charge is 0.226 e. The highest BCUT2D eigenvalue weighted by atomic mass is 79.9. The van der Waals surface area contributed by atoms with Gasteiger partial charge in [-0.2, -0.15) is 0 Å². The molecule has 1 heterocycles. The molecule has 0 aliphatic heterocycles. The van der Waals surface area contributed by atoms with E-state index in [1.807, 2.05) is 18.3 Å². The van der Waals surface area contributed by atoms with E-state index in [-0.39, 0.29) is 5.91 Å². The van der Waals surface area contributed by atoms with Crippen molar-refractivity contribution in [2.24, 2.45) is 17.8 Å². The number of hydrogen-bond acceptors (Lipinski definition) is 3. The third kappa shape index (κ3) is 3.72. The van der Waals surface area contributed by atoms with E-state index in [9.17, 15) is 4.79 Å². The van der Waals surface area contributed by atoms with Gasteiger partial charge in [-0.3, -0.25) is 4.79 Å². The molecule has 0 spiro atoms. The fourth-order valence-electron chi connectivity index (χ4n) is 4.29. The van der Waals surface area contributed by atoms with Crippen LogP contribution in [0.3, 0.4) is 0 Å². The number of carbonyl (C=O) groups is 1. The molecule has 3 unspecified atom stereocenters. The van der Waals surface area contributed by atoms with Crippen molar-refractivity contribution in [3.63, 3.8) is 0 Å². The zero-order valence-corrected chi connectivity index (χ0v) is 15.9. The second-order valence-electron chi connectivity index (χ2n) is 7.12. The number of benzene rings is 1. The highest BCUT2D eigenvalue weighted by Gasteiger charge is 2.40. The minimum atomic E-state index is 0.136. The summed E-state index contributed by atoms with van der Waals surface area (Å²) in [5.74, 6) is 2.43. The highest BCUT2D eigenvalue weighted by Crippen LogP contribution is 2.49. The molecule has 0 saturated heterocycles. The molecule has 3 nitrogen and oxygen atoms in total. The molecule has 3 atom stereocenters. The lowest BCUT2D eigenvalue weighted by molar-refractivity contribution is -0.117. The molecule has 4 rings (SSSR count). The second kappa shape index (κ2) is 6.96. The number of fused-ring (bicyclic) bond motifs is 2. The summed E-state index contributed by atoms with van der Waals surface area (Å²) in [5, 5.41) is 3.74. The first-order chi connectivity index (χ1) is 11.7. The molecule has 1 amide bonds. The molecule has 126 valence electrons. The molecule has 24 heavy (non-hydrogen) atoms. The normalized spacial score (nSPS) is 25.1. The summed E-state index contributed by atoms with van der Waals surface area (Å²) >= 11 is 5.03. The Morgan fingerprint density at radius 3 is 2.79 bits per heavy atom. The van der Waals surface area contributed by atoms with E-state index in [4.69, 9.17) is 0 Å². The van der Waals surface area contributed by atoms with Gasteiger partial charge < -0.3 is 5.32 Å². The molecule has 2 bridgehead atoms. The third-order valence-corrected chi connectivity index (χ3v) is 6.87. The maximum absolute atomic E-state index is 12.3. The van der Waals surface area contributed by atoms with Gasteiger partial charge in [0, 0.05) is 28.4 Å². The molecule has 2 saturated carbocycles. The van der Waals surface area contributed by atoms with Gasteiger partial charge in [0.2, 0.25) is 5.91 Å². The lowest BCUT2D eigenvalue weighted by Crippen LogP contribution is -2.20. The fraction of sp³-hybridized carbons (Fsp3) is 0.474. The Morgan fingerprint density at radius 2 is 2.08 bits per heavy atom. The van der Waals surface area contributed by atoms with E-state index in [0.29, 0.717) is 12.3 Å². The van der Waals surface area contributed by atoms with Gasteiger partial charge in [0.25, 0.3) is 0 Å². The molecular formula is C19H21BrN2OS. The Hall–Kier alpha value is -1.20. The second-order valence-corrected chi connectivity index (χ2v) is 9.15. The number of amides is 1. The summed E-state index contributed by atoms with van der Waals surface area (Å²) in [4.78, 5) is 17.8. The van der Waals surface area contributed by atoms with Crippen molar-refractivity contribution in [2.75, 3.05) is 5.32 Å². The standard InChI is InChI=1S/C19H21BrN2OS/c20-16-5-2-12(3-6-16)9-17-11-21-19(24-17)22-18(23)10-15-8-13-1-4-14(15)7-13/h2-3,5-6,11,13-15H,1,4,7-10H2,(H,21,22,23). The average molecular weight is 405 g/mol. The Kier molecular flexibility index (Phi) is 4.72. The van der Waals surface area contributed by atoms with Crippen LogP contribution in [-0.4, -0.2) is 10.9 Å². The first kappa shape index (κ1) is 16.3. The molecule has 1 aromatic heterocycles. The molecule has 5 heteroatoms. The van der Waals surface area contributed by atoms with Crippen molar-refractivity contribution >= 4 is 38.3 Å². The summed E-state index contributed by atoms with van der Waals surface area (Å²) in [7, 11) is 0. The predicted octanol–water partition coefficient (Wildman–Crippen LogP) is 5.26. The zero-order valence-electron chi connectivity index (χ0n) is 13.5. The number of nitrogens with one attached hydrogen (secondary N) is 1. The molecule has 2 fully saturated rings. The minimum absolute atomic E-state index is 0.136. The van der Waals surface area contributed by atoms with E-state index in [0.717, 1.165) is 27.9 Å². The topological polar surface area (TPSA) is 42.0 Å². The maximum Gasteiger partial charge on any atom is 0.226 e. The van der Waals surface area contributed by atoms with Crippen LogP contribution in [0.25, 0.3) is 0 Å². The molecular weight excluding hydrogens is 384 g/mol. The van der Waals surface area contributed by atoms with Crippen molar-refractivity contribution < 1.29 is 4.79 Å². The van der Waals surface area contributed by atoms with E-state index >= 15 is 0 Å². The van der Waals surface area contributed by atoms with Crippen LogP contribution in [0.5, 0.6) is 0 Å². The number of anilines is 1. The molecule has 2 aliphatic rings. The first-order valence-corrected chi connectivity index (χ1v) is 10.3. The number of thiazole rings is 1. The van der Waals surface area contributed by atoms with Gasteiger partial charge in [0.1, 0.15) is 0 Å². The highest BCUT2D eigenvalue weighted by molar-refractivity contribution is 9.10. The van der Waals surface area contributed by atoms with Crippen LogP contribution in [-0.2, 0) is 11.2 Å². The van der Waals surface area contributed by atoms with E-state index in [1.54, 1.807) is 11.3 Å². The molecule has 0 radical (unpaired) electrons. The van der Waals surface area contributed by atoms with Gasteiger partial charge in [-0.25, -0.2) is 4.98 Å². The van der Waals surface area contributed by atoms with Crippen molar-refractivity contribution in [1.82, 2.24) is 4.98 Å². The SMILES string of the molecule is O=C(CC1CC2CCC1C2)Nc1ncc(Cc2ccc(Br)cc2)s1. The quantitative estimate of drug-likeness (QED) is 0.737. The van der Waals surface area contributed by atoms with Crippen LogP contribution < -0.4 is 5.32 Å². The van der Waals surface area contributed by atoms with Crippen LogP contribution in [0.2, 0.25) is 0 Å². The van der Waals surface area contributed by atoms with Gasteiger partial charge in [-0.1, -0.05) is 34.5 Å². The van der Waals surface area contributed by atoms with Gasteiger partial charge in [-0.05, 0) is 54.7 Å². The number of hydrogen-bond donors (Lipinski definition) is 1. The summed E-state index contributed by atoms with van der Waals surface area (Å²) in [6.45, 7) is 0. The van der Waals surface area contributed by atoms with Gasteiger partial charge in [0.05, 0.1) is 0 Å². The van der Waals surface area contributed by atoms with Gasteiger partial charge in [-0.15, -0.1) is 11.3 Å². The Labute approximate surface area is 155 Å². The van der Waals surface area contributed by atoms with Crippen LogP contribution in [0.1, 0.15) is 42.5 Å². The predicted molar refractivity (Wildman–Crippen MR) is 101 cm³/mol. The van der Waals surface area contributed by atoms with Crippen LogP contribution >= 0.6 is 27.3 Å². The van der Waals surface area contributed by atoms with Gasteiger partial charge >= 0.3 is 0 Å². The summed E-state index contributed by atoms with van der Waals surface area (Å²) in [5.41, 5.74) is 1.25. The van der Waals surface area contributed by atoms with Crippen molar-refractivity contribution in [1.29, 1.82) is 0 Å². The number of aromatic nitrogens is 1. The molecule has 1 N–H and O–H groups in total. The number of rotatable bonds is 5. The molecule has 2 aromatic rings. The summed E-state index contributed by atoms with van der Waals surface area (Å²) in [6, 6.07) is 8.32. The molecule has 1 aromatic carbocycles. The van der Waals surface area contributed by atoms with Crippen molar-refractivity contribution in [3.8, 4) is 0 Å². The Bertz CT molecular complexity index is 727. The third-order valence-electron chi connectivity index (χ3n) is 5.42. The lowest BCUT2D eigenvalue weighted by Gasteiger charge is -2.20. The van der Waals surface area contributed by atoms with E-state index < -0.39 is 0 Å². The Morgan fingerprint density at radius 1 is 1.25 bits per heavy atom. The van der Waals surface area contributed by atoms with E-state index in [2.05, 4.69) is 38.4 Å². The summed E-state index contributed by atoms with van der Waals surface area (Å²) in [6.07, 6.45) is 8.72. The van der Waals surface area contributed by atoms with Crippen LogP contribution in [0, 0.1) is 17.8 Å². The number of nitrogens with zero attached hydrogens (tertiary/aromatic N) is 1. The number of halogens is 1. The zero-order chi connectivity index (χ0) is 16.5. The summed E-state index contributed by atoms with van der Waals surface area (Å²) < 4.78 is 1.09. The largest absolute Gasteiger partial charge is 0.302 e. The van der Waals surface area contributed by atoms with E-state index in [1.165, 1.54) is 36.1 Å². The Balaban J connectivity index is 1.31. The monoisotopic (exact) mass is 404 g/mol. The van der Waals surface area contributed by atoms with Crippen LogP contribution in [0.4, 0.5) is 5.13 Å². The van der Waals surface area contributed by atoms with Gasteiger partial charge in [0.15, 0.2) is 5.13 Å². The molecule has 2 aliphatic carbocycles. The van der Waals surface area contributed by atoms with Crippen molar-refractivity contribution in [2.45, 2.75) is 38.5 Å². The minimum Gasteiger partial charge on any atom is -0.302 e. The number of carbonyl (C=O) groups excluding carboxylic acids is 1. The van der Waals surface area contributed by atoms with Crippen molar-refractivity contribution in [3.05, 3.63) is 45.4 Å². The fourth-order valence-corrected chi connectivity index (χ4v) is 5.41. The van der Waals surface area contributed by atoms with Crippen LogP contribution in [0.15, 0.2) is 34.9 Å². The lowest BCUT2D eigenvalue weighted by atomic mass is 9.86.